The zero-order valence-electron chi connectivity index (χ0n) is 8.87. The zero-order chi connectivity index (χ0) is 11.4. The van der Waals surface area contributed by atoms with Crippen LogP contribution in [0.2, 0.25) is 5.15 Å². The summed E-state index contributed by atoms with van der Waals surface area (Å²) >= 11 is 5.77. The topological polar surface area (TPSA) is 51.2 Å². The van der Waals surface area contributed by atoms with E-state index in [2.05, 4.69) is 10.3 Å². The number of ether oxygens (including phenoxy) is 1. The number of hydrogen-bond donors (Lipinski definition) is 1. The summed E-state index contributed by atoms with van der Waals surface area (Å²) in [4.78, 5) is 14.8. The summed E-state index contributed by atoms with van der Waals surface area (Å²) in [5, 5.41) is 2.90. The van der Waals surface area contributed by atoms with Crippen LogP contribution >= 0.6 is 11.6 Å². The molecule has 1 rings (SSSR count). The number of anilines is 1. The van der Waals surface area contributed by atoms with Crippen molar-refractivity contribution in [3.8, 4) is 5.88 Å². The molecule has 0 atom stereocenters. The van der Waals surface area contributed by atoms with Crippen LogP contribution in [0.4, 0.5) is 5.69 Å². The van der Waals surface area contributed by atoms with E-state index in [1.54, 1.807) is 12.1 Å². The fraction of sp³-hybridized carbons (Fsp3) is 0.400. The van der Waals surface area contributed by atoms with Gasteiger partial charge in [-0.2, -0.15) is 0 Å². The van der Waals surface area contributed by atoms with Gasteiger partial charge in [-0.25, -0.2) is 4.98 Å². The largest absolute Gasteiger partial charge is 0.475 e. The van der Waals surface area contributed by atoms with Crippen molar-refractivity contribution in [2.45, 2.75) is 26.9 Å². The summed E-state index contributed by atoms with van der Waals surface area (Å²) in [6.45, 7) is 5.21. The lowest BCUT2D eigenvalue weighted by molar-refractivity contribution is -0.114. The second-order valence-corrected chi connectivity index (χ2v) is 3.75. The fourth-order valence-corrected chi connectivity index (χ4v) is 1.25. The van der Waals surface area contributed by atoms with E-state index in [0.717, 1.165) is 0 Å². The van der Waals surface area contributed by atoms with Crippen molar-refractivity contribution in [3.63, 3.8) is 0 Å². The third-order valence-electron chi connectivity index (χ3n) is 1.45. The van der Waals surface area contributed by atoms with Crippen molar-refractivity contribution in [3.05, 3.63) is 17.3 Å². The molecule has 0 saturated heterocycles. The smallest absolute Gasteiger partial charge is 0.221 e. The van der Waals surface area contributed by atoms with Crippen LogP contribution in [0.3, 0.4) is 0 Å². The van der Waals surface area contributed by atoms with Gasteiger partial charge in [0, 0.05) is 18.7 Å². The van der Waals surface area contributed by atoms with Crippen LogP contribution in [-0.4, -0.2) is 17.0 Å². The number of carbonyl (C=O) groups is 1. The first-order chi connectivity index (χ1) is 6.97. The lowest BCUT2D eigenvalue weighted by atomic mass is 10.4. The minimum atomic E-state index is -0.159. The lowest BCUT2D eigenvalue weighted by Crippen LogP contribution is -2.09. The molecule has 0 aliphatic heterocycles. The molecule has 0 fully saturated rings. The van der Waals surface area contributed by atoms with Gasteiger partial charge in [0.15, 0.2) is 0 Å². The number of halogens is 1. The van der Waals surface area contributed by atoms with E-state index >= 15 is 0 Å². The normalized spacial score (nSPS) is 10.2. The molecule has 1 heterocycles. The minimum absolute atomic E-state index is 0.0149. The van der Waals surface area contributed by atoms with Crippen molar-refractivity contribution >= 4 is 23.2 Å². The number of pyridine rings is 1. The SMILES string of the molecule is CC(=O)Nc1cc(Cl)nc(OC(C)C)c1. The van der Waals surface area contributed by atoms with E-state index in [9.17, 15) is 4.79 Å². The molecule has 1 aromatic heterocycles. The molecule has 0 aliphatic rings. The molecule has 1 N–H and O–H groups in total. The van der Waals surface area contributed by atoms with Gasteiger partial charge in [-0.1, -0.05) is 11.6 Å². The molecule has 1 amide bonds. The molecule has 0 aromatic carbocycles. The van der Waals surface area contributed by atoms with Crippen molar-refractivity contribution < 1.29 is 9.53 Å². The first kappa shape index (κ1) is 11.8. The van der Waals surface area contributed by atoms with Crippen LogP contribution in [0.5, 0.6) is 5.88 Å². The number of hydrogen-bond acceptors (Lipinski definition) is 3. The Balaban J connectivity index is 2.89. The summed E-state index contributed by atoms with van der Waals surface area (Å²) in [6.07, 6.45) is 0.0149. The quantitative estimate of drug-likeness (QED) is 0.809. The van der Waals surface area contributed by atoms with Gasteiger partial charge in [-0.3, -0.25) is 4.79 Å². The van der Waals surface area contributed by atoms with E-state index in [0.29, 0.717) is 11.6 Å². The van der Waals surface area contributed by atoms with Crippen LogP contribution in [0.25, 0.3) is 0 Å². The summed E-state index contributed by atoms with van der Waals surface area (Å²) in [5.74, 6) is 0.244. The fourth-order valence-electron chi connectivity index (χ4n) is 1.05. The van der Waals surface area contributed by atoms with Gasteiger partial charge in [0.25, 0.3) is 0 Å². The van der Waals surface area contributed by atoms with Crippen LogP contribution in [0.1, 0.15) is 20.8 Å². The van der Waals surface area contributed by atoms with E-state index in [1.807, 2.05) is 13.8 Å². The Hall–Kier alpha value is -1.29. The maximum Gasteiger partial charge on any atom is 0.221 e. The molecule has 82 valence electrons. The van der Waals surface area contributed by atoms with Crippen molar-refractivity contribution in [1.29, 1.82) is 0 Å². The number of carbonyl (C=O) groups excluding carboxylic acids is 1. The highest BCUT2D eigenvalue weighted by Gasteiger charge is 2.05. The van der Waals surface area contributed by atoms with Gasteiger partial charge < -0.3 is 10.1 Å². The van der Waals surface area contributed by atoms with Gasteiger partial charge in [0.1, 0.15) is 5.15 Å². The molecule has 5 heteroatoms. The maximum atomic E-state index is 10.8. The number of rotatable bonds is 3. The standard InChI is InChI=1S/C10H13ClN2O2/c1-6(2)15-10-5-8(12-7(3)14)4-9(11)13-10/h4-6H,1-3H3,(H,12,13,14). The number of amides is 1. The summed E-state index contributed by atoms with van der Waals surface area (Å²) in [7, 11) is 0. The summed E-state index contributed by atoms with van der Waals surface area (Å²) in [5.41, 5.74) is 0.582. The van der Waals surface area contributed by atoms with Crippen molar-refractivity contribution in [1.82, 2.24) is 4.98 Å². The molecule has 0 unspecified atom stereocenters. The average molecular weight is 229 g/mol. The molecule has 0 radical (unpaired) electrons. The van der Waals surface area contributed by atoms with Gasteiger partial charge in [0.05, 0.1) is 6.10 Å². The van der Waals surface area contributed by atoms with E-state index in [1.165, 1.54) is 6.92 Å². The van der Waals surface area contributed by atoms with E-state index in [4.69, 9.17) is 16.3 Å². The zero-order valence-corrected chi connectivity index (χ0v) is 9.63. The van der Waals surface area contributed by atoms with Crippen LogP contribution < -0.4 is 10.1 Å². The monoisotopic (exact) mass is 228 g/mol. The second-order valence-electron chi connectivity index (χ2n) is 3.36. The van der Waals surface area contributed by atoms with Crippen LogP contribution in [-0.2, 0) is 4.79 Å². The number of nitrogens with one attached hydrogen (secondary N) is 1. The van der Waals surface area contributed by atoms with Crippen molar-refractivity contribution in [2.75, 3.05) is 5.32 Å². The predicted octanol–water partition coefficient (Wildman–Crippen LogP) is 2.48. The van der Waals surface area contributed by atoms with Gasteiger partial charge in [-0.15, -0.1) is 0 Å². The average Bonchev–Trinajstić information content (AvgIpc) is 1.98. The third kappa shape index (κ3) is 4.16. The van der Waals surface area contributed by atoms with Crippen LogP contribution in [0, 0.1) is 0 Å². The molecular formula is C10H13ClN2O2. The molecule has 1 aromatic rings. The molecule has 4 nitrogen and oxygen atoms in total. The number of nitrogens with zero attached hydrogens (tertiary/aromatic N) is 1. The molecule has 0 bridgehead atoms. The molecule has 0 aliphatic carbocycles. The first-order valence-corrected chi connectivity index (χ1v) is 4.97. The van der Waals surface area contributed by atoms with Crippen LogP contribution in [0.15, 0.2) is 12.1 Å². The highest BCUT2D eigenvalue weighted by Crippen LogP contribution is 2.20. The minimum Gasteiger partial charge on any atom is -0.475 e. The summed E-state index contributed by atoms with van der Waals surface area (Å²) in [6, 6.07) is 3.20. The van der Waals surface area contributed by atoms with Crippen molar-refractivity contribution in [2.24, 2.45) is 0 Å². The Morgan fingerprint density at radius 1 is 1.53 bits per heavy atom. The predicted molar refractivity (Wildman–Crippen MR) is 59.3 cm³/mol. The highest BCUT2D eigenvalue weighted by molar-refractivity contribution is 6.29. The highest BCUT2D eigenvalue weighted by atomic mass is 35.5. The molecule has 0 saturated carbocycles. The Bertz CT molecular complexity index is 366. The van der Waals surface area contributed by atoms with E-state index in [-0.39, 0.29) is 17.2 Å². The molecule has 0 spiro atoms. The lowest BCUT2D eigenvalue weighted by Gasteiger charge is -2.10. The Labute approximate surface area is 93.6 Å². The molecule has 15 heavy (non-hydrogen) atoms. The first-order valence-electron chi connectivity index (χ1n) is 4.59. The Morgan fingerprint density at radius 2 is 2.20 bits per heavy atom. The van der Waals surface area contributed by atoms with Gasteiger partial charge in [-0.05, 0) is 19.9 Å². The van der Waals surface area contributed by atoms with Gasteiger partial charge in [0.2, 0.25) is 11.8 Å². The molecular weight excluding hydrogens is 216 g/mol. The number of aromatic nitrogens is 1. The Morgan fingerprint density at radius 3 is 2.73 bits per heavy atom. The summed E-state index contributed by atoms with van der Waals surface area (Å²) < 4.78 is 5.37. The second kappa shape index (κ2) is 4.98. The Kier molecular flexibility index (Phi) is 3.91. The maximum absolute atomic E-state index is 10.8. The third-order valence-corrected chi connectivity index (χ3v) is 1.64. The van der Waals surface area contributed by atoms with E-state index < -0.39 is 0 Å². The van der Waals surface area contributed by atoms with Gasteiger partial charge >= 0.3 is 0 Å².